The molecule has 0 saturated carbocycles. The van der Waals surface area contributed by atoms with E-state index in [1.165, 1.54) is 0 Å². The van der Waals surface area contributed by atoms with Gasteiger partial charge in [0.05, 0.1) is 4.91 Å². The number of benzene rings is 4. The number of hydrogen-bond donors (Lipinski definition) is 1. The first-order valence-electron chi connectivity index (χ1n) is 10.9. The highest BCUT2D eigenvalue weighted by Gasteiger charge is 2.36. The zero-order chi connectivity index (χ0) is 24.2. The van der Waals surface area contributed by atoms with Crippen LogP contribution >= 0.6 is 11.8 Å². The molecule has 1 saturated heterocycles. The molecule has 4 aromatic carbocycles. The molecular weight excluding hydrogens is 460 g/mol. The van der Waals surface area contributed by atoms with Gasteiger partial charge >= 0.3 is 0 Å². The minimum Gasteiger partial charge on any atom is -0.457 e. The summed E-state index contributed by atoms with van der Waals surface area (Å²) in [5.41, 5.74) is 1.34. The Hall–Kier alpha value is -4.36. The van der Waals surface area contributed by atoms with Gasteiger partial charge in [0.1, 0.15) is 18.0 Å². The van der Waals surface area contributed by atoms with E-state index in [1.807, 2.05) is 84.9 Å². The number of fused-ring (bicyclic) bond motifs is 1. The Bertz CT molecular complexity index is 1460. The molecule has 1 N–H and O–H groups in total. The van der Waals surface area contributed by atoms with Gasteiger partial charge in [-0.1, -0.05) is 66.7 Å². The van der Waals surface area contributed by atoms with Gasteiger partial charge in [-0.25, -0.2) is 0 Å². The van der Waals surface area contributed by atoms with Crippen LogP contribution in [-0.4, -0.2) is 28.5 Å². The SMILES string of the molecule is O=C(CN1C(=O)S/C(=C/c2cccc(Oc3ccccc3)c2)C1=O)Nc1cccc2ccccc12. The van der Waals surface area contributed by atoms with E-state index in [4.69, 9.17) is 4.74 Å². The van der Waals surface area contributed by atoms with Gasteiger partial charge in [0, 0.05) is 11.1 Å². The molecule has 0 aliphatic carbocycles. The summed E-state index contributed by atoms with van der Waals surface area (Å²) >= 11 is 0.815. The Morgan fingerprint density at radius 1 is 0.857 bits per heavy atom. The van der Waals surface area contributed by atoms with Crippen LogP contribution in [0.2, 0.25) is 0 Å². The number of anilines is 1. The molecule has 0 radical (unpaired) electrons. The summed E-state index contributed by atoms with van der Waals surface area (Å²) in [7, 11) is 0. The number of thioether (sulfide) groups is 1. The quantitative estimate of drug-likeness (QED) is 0.328. The number of ether oxygens (including phenoxy) is 1. The minimum absolute atomic E-state index is 0.254. The molecule has 5 rings (SSSR count). The average Bonchev–Trinajstić information content (AvgIpc) is 3.12. The number of nitrogens with zero attached hydrogens (tertiary/aromatic N) is 1. The maximum Gasteiger partial charge on any atom is 0.294 e. The number of carbonyl (C=O) groups is 3. The van der Waals surface area contributed by atoms with Gasteiger partial charge in [0.25, 0.3) is 11.1 Å². The fourth-order valence-electron chi connectivity index (χ4n) is 3.75. The first-order valence-corrected chi connectivity index (χ1v) is 11.7. The zero-order valence-electron chi connectivity index (χ0n) is 18.5. The number of nitrogens with one attached hydrogen (secondary N) is 1. The fourth-order valence-corrected chi connectivity index (χ4v) is 4.59. The van der Waals surface area contributed by atoms with Crippen molar-refractivity contribution in [2.45, 2.75) is 0 Å². The van der Waals surface area contributed by atoms with Crippen LogP contribution in [0.3, 0.4) is 0 Å². The highest BCUT2D eigenvalue weighted by atomic mass is 32.2. The van der Waals surface area contributed by atoms with Gasteiger partial charge in [0.2, 0.25) is 5.91 Å². The van der Waals surface area contributed by atoms with Crippen molar-refractivity contribution in [2.24, 2.45) is 0 Å². The largest absolute Gasteiger partial charge is 0.457 e. The van der Waals surface area contributed by atoms with Crippen molar-refractivity contribution in [2.75, 3.05) is 11.9 Å². The van der Waals surface area contributed by atoms with E-state index < -0.39 is 17.1 Å². The number of amides is 3. The van der Waals surface area contributed by atoms with Crippen molar-refractivity contribution in [3.8, 4) is 11.5 Å². The molecule has 0 aromatic heterocycles. The third-order valence-corrected chi connectivity index (χ3v) is 6.28. The third kappa shape index (κ3) is 5.10. The van der Waals surface area contributed by atoms with Crippen molar-refractivity contribution in [3.05, 3.63) is 108 Å². The maximum atomic E-state index is 12.9. The van der Waals surface area contributed by atoms with Gasteiger partial charge in [-0.2, -0.15) is 0 Å². The van der Waals surface area contributed by atoms with Crippen LogP contribution < -0.4 is 10.1 Å². The van der Waals surface area contributed by atoms with Gasteiger partial charge < -0.3 is 10.1 Å². The molecule has 3 amide bonds. The Morgan fingerprint density at radius 2 is 1.57 bits per heavy atom. The second-order valence-electron chi connectivity index (χ2n) is 7.83. The van der Waals surface area contributed by atoms with Crippen LogP contribution in [-0.2, 0) is 9.59 Å². The normalized spacial score (nSPS) is 14.5. The van der Waals surface area contributed by atoms with E-state index in [2.05, 4.69) is 5.32 Å². The van der Waals surface area contributed by atoms with Crippen molar-refractivity contribution < 1.29 is 19.1 Å². The third-order valence-electron chi connectivity index (χ3n) is 5.37. The van der Waals surface area contributed by atoms with E-state index in [0.29, 0.717) is 22.7 Å². The van der Waals surface area contributed by atoms with E-state index in [1.54, 1.807) is 18.2 Å². The molecule has 0 atom stereocenters. The summed E-state index contributed by atoms with van der Waals surface area (Å²) in [6.07, 6.45) is 1.63. The van der Waals surface area contributed by atoms with Crippen LogP contribution in [0.25, 0.3) is 16.8 Å². The molecule has 0 bridgehead atoms. The van der Waals surface area contributed by atoms with Crippen LogP contribution in [0, 0.1) is 0 Å². The molecular formula is C28H20N2O4S. The molecule has 172 valence electrons. The van der Waals surface area contributed by atoms with E-state index >= 15 is 0 Å². The van der Waals surface area contributed by atoms with Crippen LogP contribution in [0.5, 0.6) is 11.5 Å². The summed E-state index contributed by atoms with van der Waals surface area (Å²) in [5.74, 6) is 0.367. The molecule has 0 unspecified atom stereocenters. The second kappa shape index (κ2) is 9.87. The lowest BCUT2D eigenvalue weighted by Crippen LogP contribution is -2.36. The summed E-state index contributed by atoms with van der Waals surface area (Å²) < 4.78 is 5.84. The number of para-hydroxylation sites is 1. The van der Waals surface area contributed by atoms with Crippen molar-refractivity contribution in [3.63, 3.8) is 0 Å². The first-order chi connectivity index (χ1) is 17.1. The molecule has 6 nitrogen and oxygen atoms in total. The van der Waals surface area contributed by atoms with Crippen LogP contribution in [0.1, 0.15) is 5.56 Å². The lowest BCUT2D eigenvalue weighted by atomic mass is 10.1. The molecule has 35 heavy (non-hydrogen) atoms. The lowest BCUT2D eigenvalue weighted by Gasteiger charge is -2.13. The number of hydrogen-bond acceptors (Lipinski definition) is 5. The van der Waals surface area contributed by atoms with Crippen LogP contribution in [0.15, 0.2) is 102 Å². The summed E-state index contributed by atoms with van der Waals surface area (Å²) in [6.45, 7) is -0.359. The van der Waals surface area contributed by atoms with Crippen molar-refractivity contribution >= 4 is 51.4 Å². The molecule has 4 aromatic rings. The van der Waals surface area contributed by atoms with Gasteiger partial charge in [-0.15, -0.1) is 0 Å². The Kier molecular flexibility index (Phi) is 6.32. The predicted molar refractivity (Wildman–Crippen MR) is 138 cm³/mol. The Balaban J connectivity index is 1.28. The Labute approximate surface area is 206 Å². The molecule has 1 aliphatic rings. The Morgan fingerprint density at radius 3 is 2.43 bits per heavy atom. The number of imide groups is 1. The van der Waals surface area contributed by atoms with E-state index in [-0.39, 0.29) is 11.4 Å². The summed E-state index contributed by atoms with van der Waals surface area (Å²) in [4.78, 5) is 39.3. The van der Waals surface area contributed by atoms with E-state index in [9.17, 15) is 14.4 Å². The minimum atomic E-state index is -0.498. The lowest BCUT2D eigenvalue weighted by molar-refractivity contribution is -0.127. The number of rotatable bonds is 6. The standard InChI is InChI=1S/C28H20N2O4S/c31-26(29-24-15-7-10-20-9-4-5-14-23(20)24)18-30-27(32)25(35-28(30)33)17-19-8-6-13-22(16-19)34-21-11-2-1-3-12-21/h1-17H,18H2,(H,29,31)/b25-17+. The monoisotopic (exact) mass is 480 g/mol. The molecule has 1 fully saturated rings. The first kappa shape index (κ1) is 22.4. The van der Waals surface area contributed by atoms with Gasteiger partial charge in [0.15, 0.2) is 0 Å². The topological polar surface area (TPSA) is 75.7 Å². The van der Waals surface area contributed by atoms with Crippen molar-refractivity contribution in [1.82, 2.24) is 4.90 Å². The molecule has 7 heteroatoms. The van der Waals surface area contributed by atoms with E-state index in [0.717, 1.165) is 27.4 Å². The highest BCUT2D eigenvalue weighted by molar-refractivity contribution is 8.18. The van der Waals surface area contributed by atoms with Gasteiger partial charge in [-0.05, 0) is 59.1 Å². The van der Waals surface area contributed by atoms with Crippen molar-refractivity contribution in [1.29, 1.82) is 0 Å². The molecule has 1 heterocycles. The summed E-state index contributed by atoms with van der Waals surface area (Å²) in [6, 6.07) is 29.8. The van der Waals surface area contributed by atoms with Gasteiger partial charge in [-0.3, -0.25) is 19.3 Å². The zero-order valence-corrected chi connectivity index (χ0v) is 19.3. The maximum absolute atomic E-state index is 12.9. The smallest absolute Gasteiger partial charge is 0.294 e. The number of carbonyl (C=O) groups excluding carboxylic acids is 3. The molecule has 0 spiro atoms. The summed E-state index contributed by atoms with van der Waals surface area (Å²) in [5, 5.41) is 4.21. The average molecular weight is 481 g/mol. The van der Waals surface area contributed by atoms with Crippen LogP contribution in [0.4, 0.5) is 10.5 Å². The predicted octanol–water partition coefficient (Wildman–Crippen LogP) is 6.31. The molecule has 1 aliphatic heterocycles. The fraction of sp³-hybridized carbons (Fsp3) is 0.0357. The second-order valence-corrected chi connectivity index (χ2v) is 8.82. The highest BCUT2D eigenvalue weighted by Crippen LogP contribution is 2.33.